The normalized spacial score (nSPS) is 27.1. The van der Waals surface area contributed by atoms with E-state index < -0.39 is 0 Å². The van der Waals surface area contributed by atoms with Crippen LogP contribution in [-0.2, 0) is 6.54 Å². The van der Waals surface area contributed by atoms with E-state index in [9.17, 15) is 4.79 Å². The zero-order chi connectivity index (χ0) is 13.9. The van der Waals surface area contributed by atoms with Crippen LogP contribution < -0.4 is 11.3 Å². The Morgan fingerprint density at radius 3 is 2.95 bits per heavy atom. The molecule has 2 fully saturated rings. The molecule has 1 aliphatic heterocycles. The predicted molar refractivity (Wildman–Crippen MR) is 75.8 cm³/mol. The van der Waals surface area contributed by atoms with Crippen LogP contribution in [0.15, 0.2) is 16.5 Å². The van der Waals surface area contributed by atoms with Gasteiger partial charge in [0.25, 0.3) is 0 Å². The smallest absolute Gasteiger partial charge is 0.300 e. The maximum absolute atomic E-state index is 11.4. The number of carbonyl (C=O) groups is 1. The van der Waals surface area contributed by atoms with Gasteiger partial charge in [0, 0.05) is 6.04 Å². The topological polar surface area (TPSA) is 71.5 Å². The molecule has 1 aliphatic carbocycles. The molecule has 5 nitrogen and oxygen atoms in total. The lowest BCUT2D eigenvalue weighted by atomic mass is 9.78. The molecule has 0 spiro atoms. The number of nitrogen functional groups attached to an aromatic ring is 1. The number of rotatable bonds is 3. The third-order valence-electron chi connectivity index (χ3n) is 4.73. The molecule has 2 aliphatic rings. The highest BCUT2D eigenvalue weighted by Gasteiger charge is 2.33. The van der Waals surface area contributed by atoms with Crippen molar-refractivity contribution in [2.45, 2.75) is 51.1 Å². The van der Waals surface area contributed by atoms with Crippen molar-refractivity contribution in [2.24, 2.45) is 11.8 Å². The van der Waals surface area contributed by atoms with Crippen LogP contribution >= 0.6 is 0 Å². The van der Waals surface area contributed by atoms with E-state index in [0.29, 0.717) is 11.8 Å². The van der Waals surface area contributed by atoms with E-state index in [1.54, 1.807) is 6.07 Å². The van der Waals surface area contributed by atoms with E-state index in [1.165, 1.54) is 38.5 Å². The molecule has 1 saturated heterocycles. The van der Waals surface area contributed by atoms with Gasteiger partial charge < -0.3 is 4.42 Å². The Morgan fingerprint density at radius 1 is 1.30 bits per heavy atom. The van der Waals surface area contributed by atoms with Gasteiger partial charge in [-0.2, -0.15) is 0 Å². The van der Waals surface area contributed by atoms with Gasteiger partial charge in [-0.15, -0.1) is 0 Å². The third-order valence-corrected chi connectivity index (χ3v) is 4.73. The number of nitrogens with two attached hydrogens (primary N) is 1. The summed E-state index contributed by atoms with van der Waals surface area (Å²) in [6, 6.07) is 4.28. The first kappa shape index (κ1) is 13.6. The highest BCUT2D eigenvalue weighted by Crippen LogP contribution is 2.36. The lowest BCUT2D eigenvalue weighted by Crippen LogP contribution is -2.46. The third kappa shape index (κ3) is 2.74. The van der Waals surface area contributed by atoms with Gasteiger partial charge in [0.1, 0.15) is 5.76 Å². The zero-order valence-electron chi connectivity index (χ0n) is 11.8. The summed E-state index contributed by atoms with van der Waals surface area (Å²) in [5.41, 5.74) is 2.10. The molecule has 1 aromatic rings. The maximum Gasteiger partial charge on any atom is 0.300 e. The molecule has 1 amide bonds. The molecule has 20 heavy (non-hydrogen) atoms. The van der Waals surface area contributed by atoms with Crippen molar-refractivity contribution in [1.29, 1.82) is 0 Å². The van der Waals surface area contributed by atoms with Gasteiger partial charge in [-0.05, 0) is 50.3 Å². The number of nitrogens with one attached hydrogen (secondary N) is 1. The molecule has 3 rings (SSSR count). The fraction of sp³-hybridized carbons (Fsp3) is 0.667. The van der Waals surface area contributed by atoms with Gasteiger partial charge >= 0.3 is 5.91 Å². The molecule has 3 N–H and O–H groups in total. The van der Waals surface area contributed by atoms with E-state index in [4.69, 9.17) is 10.3 Å². The van der Waals surface area contributed by atoms with Crippen LogP contribution in [0.1, 0.15) is 54.8 Å². The molecule has 0 radical (unpaired) electrons. The average molecular weight is 277 g/mol. The predicted octanol–water partition coefficient (Wildman–Crippen LogP) is 2.04. The SMILES string of the molecule is NNC(=O)c1ccc(CN2CCC[C@H]3CCCC[C@H]32)o1. The van der Waals surface area contributed by atoms with E-state index in [2.05, 4.69) is 10.3 Å². The van der Waals surface area contributed by atoms with Crippen molar-refractivity contribution in [3.8, 4) is 0 Å². The number of piperidine rings is 1. The number of hydrogen-bond donors (Lipinski definition) is 2. The number of nitrogens with zero attached hydrogens (tertiary/aromatic N) is 1. The summed E-state index contributed by atoms with van der Waals surface area (Å²) in [7, 11) is 0. The van der Waals surface area contributed by atoms with Crippen molar-refractivity contribution >= 4 is 5.91 Å². The average Bonchev–Trinajstić information content (AvgIpc) is 2.95. The monoisotopic (exact) mass is 277 g/mol. The maximum atomic E-state index is 11.4. The van der Waals surface area contributed by atoms with Crippen molar-refractivity contribution in [1.82, 2.24) is 10.3 Å². The number of hydrogen-bond acceptors (Lipinski definition) is 4. The molecule has 110 valence electrons. The Bertz CT molecular complexity index is 469. The first-order valence-electron chi connectivity index (χ1n) is 7.61. The van der Waals surface area contributed by atoms with Crippen molar-refractivity contribution in [2.75, 3.05) is 6.54 Å². The first-order chi connectivity index (χ1) is 9.78. The molecule has 5 heteroatoms. The number of likely N-dealkylation sites (tertiary alicyclic amines) is 1. The number of carbonyl (C=O) groups excluding carboxylic acids is 1. The Morgan fingerprint density at radius 2 is 2.10 bits per heavy atom. The lowest BCUT2D eigenvalue weighted by Gasteiger charge is -2.43. The van der Waals surface area contributed by atoms with Crippen LogP contribution in [0, 0.1) is 5.92 Å². The zero-order valence-corrected chi connectivity index (χ0v) is 11.8. The second-order valence-electron chi connectivity index (χ2n) is 5.96. The quantitative estimate of drug-likeness (QED) is 0.504. The molecular weight excluding hydrogens is 254 g/mol. The van der Waals surface area contributed by atoms with Crippen LogP contribution in [-0.4, -0.2) is 23.4 Å². The second-order valence-corrected chi connectivity index (χ2v) is 5.96. The number of fused-ring (bicyclic) bond motifs is 1. The summed E-state index contributed by atoms with van der Waals surface area (Å²) >= 11 is 0. The van der Waals surface area contributed by atoms with Gasteiger partial charge in [0.2, 0.25) is 0 Å². The molecule has 1 saturated carbocycles. The first-order valence-corrected chi connectivity index (χ1v) is 7.61. The van der Waals surface area contributed by atoms with Crippen molar-refractivity contribution < 1.29 is 9.21 Å². The minimum atomic E-state index is -0.370. The summed E-state index contributed by atoms with van der Waals surface area (Å²) in [6.45, 7) is 1.94. The minimum absolute atomic E-state index is 0.291. The summed E-state index contributed by atoms with van der Waals surface area (Å²) in [4.78, 5) is 13.9. The largest absolute Gasteiger partial charge is 0.455 e. The van der Waals surface area contributed by atoms with Crippen LogP contribution in [0.4, 0.5) is 0 Å². The molecular formula is C15H23N3O2. The van der Waals surface area contributed by atoms with Crippen LogP contribution in [0.2, 0.25) is 0 Å². The highest BCUT2D eigenvalue weighted by atomic mass is 16.4. The summed E-state index contributed by atoms with van der Waals surface area (Å²) in [5.74, 6) is 6.75. The fourth-order valence-electron chi connectivity index (χ4n) is 3.78. The summed E-state index contributed by atoms with van der Waals surface area (Å²) in [6.07, 6.45) is 8.06. The van der Waals surface area contributed by atoms with Crippen molar-refractivity contribution in [3.63, 3.8) is 0 Å². The second kappa shape index (κ2) is 5.97. The number of amides is 1. The van der Waals surface area contributed by atoms with E-state index in [-0.39, 0.29) is 5.91 Å². The standard InChI is InChI=1S/C15H23N3O2/c16-17-15(19)14-8-7-12(20-14)10-18-9-3-5-11-4-1-2-6-13(11)18/h7-8,11,13H,1-6,9-10,16H2,(H,17,19)/t11-,13-/m1/s1. The lowest BCUT2D eigenvalue weighted by molar-refractivity contribution is 0.0490. The minimum Gasteiger partial charge on any atom is -0.455 e. The molecule has 0 aromatic carbocycles. The van der Waals surface area contributed by atoms with E-state index in [1.807, 2.05) is 6.07 Å². The van der Waals surface area contributed by atoms with Crippen LogP contribution in [0.3, 0.4) is 0 Å². The molecule has 2 heterocycles. The van der Waals surface area contributed by atoms with Crippen LogP contribution in [0.5, 0.6) is 0 Å². The highest BCUT2D eigenvalue weighted by molar-refractivity contribution is 5.90. The van der Waals surface area contributed by atoms with Gasteiger partial charge in [0.05, 0.1) is 6.54 Å². The Kier molecular flexibility index (Phi) is 4.08. The molecule has 0 unspecified atom stereocenters. The van der Waals surface area contributed by atoms with E-state index in [0.717, 1.165) is 24.8 Å². The van der Waals surface area contributed by atoms with Gasteiger partial charge in [-0.1, -0.05) is 12.8 Å². The summed E-state index contributed by atoms with van der Waals surface area (Å²) in [5, 5.41) is 0. The van der Waals surface area contributed by atoms with Gasteiger partial charge in [0.15, 0.2) is 5.76 Å². The Labute approximate surface area is 119 Å². The number of hydrazine groups is 1. The van der Waals surface area contributed by atoms with Gasteiger partial charge in [-0.3, -0.25) is 15.1 Å². The summed E-state index contributed by atoms with van der Waals surface area (Å²) < 4.78 is 5.59. The van der Waals surface area contributed by atoms with Crippen molar-refractivity contribution in [3.05, 3.63) is 23.7 Å². The van der Waals surface area contributed by atoms with Gasteiger partial charge in [-0.25, -0.2) is 5.84 Å². The van der Waals surface area contributed by atoms with E-state index >= 15 is 0 Å². The molecule has 0 bridgehead atoms. The van der Waals surface area contributed by atoms with Crippen LogP contribution in [0.25, 0.3) is 0 Å². The number of furan rings is 1. The Hall–Kier alpha value is -1.33. The molecule has 1 aromatic heterocycles. The fourth-order valence-corrected chi connectivity index (χ4v) is 3.78. The molecule has 2 atom stereocenters. The Balaban J connectivity index is 1.67.